The first-order chi connectivity index (χ1) is 14.6. The van der Waals surface area contributed by atoms with Crippen molar-refractivity contribution < 1.29 is 19.1 Å². The van der Waals surface area contributed by atoms with Gasteiger partial charge in [0.1, 0.15) is 0 Å². The van der Waals surface area contributed by atoms with Crippen LogP contribution < -0.4 is 4.74 Å². The highest BCUT2D eigenvalue weighted by Gasteiger charge is 2.34. The van der Waals surface area contributed by atoms with E-state index >= 15 is 0 Å². The molecule has 0 aliphatic carbocycles. The fourth-order valence-electron chi connectivity index (χ4n) is 3.30. The minimum Gasteiger partial charge on any atom is -0.465 e. The summed E-state index contributed by atoms with van der Waals surface area (Å²) in [5.74, 6) is 5.42. The molecule has 4 rings (SSSR count). The van der Waals surface area contributed by atoms with E-state index in [9.17, 15) is 14.5 Å². The number of rotatable bonds is 5. The molecule has 0 unspecified atom stereocenters. The topological polar surface area (TPSA) is 85.3 Å². The van der Waals surface area contributed by atoms with E-state index in [0.717, 1.165) is 10.3 Å². The molecule has 2 amide bonds. The zero-order chi connectivity index (χ0) is 21.1. The highest BCUT2D eigenvalue weighted by molar-refractivity contribution is 6.21. The molecule has 0 radical (unpaired) electrons. The van der Waals surface area contributed by atoms with E-state index < -0.39 is 0 Å². The third-order valence-electron chi connectivity index (χ3n) is 4.73. The van der Waals surface area contributed by atoms with Gasteiger partial charge in [-0.15, -0.1) is 4.91 Å². The summed E-state index contributed by atoms with van der Waals surface area (Å²) in [6, 6.07) is 15.5. The number of fused-ring (bicyclic) bond motifs is 2. The van der Waals surface area contributed by atoms with Gasteiger partial charge in [0, 0.05) is 18.1 Å². The minimum atomic E-state index is -0.351. The first kappa shape index (κ1) is 19.3. The molecule has 148 valence electrons. The van der Waals surface area contributed by atoms with Gasteiger partial charge in [0.05, 0.1) is 17.7 Å². The van der Waals surface area contributed by atoms with Crippen LogP contribution in [0.5, 0.6) is 5.75 Å². The third kappa shape index (κ3) is 3.41. The Hall–Kier alpha value is -4.02. The van der Waals surface area contributed by atoms with Gasteiger partial charge >= 0.3 is 0 Å². The van der Waals surface area contributed by atoms with Crippen LogP contribution in [0.4, 0.5) is 5.69 Å². The van der Waals surface area contributed by atoms with Crippen LogP contribution in [0.25, 0.3) is 10.8 Å². The highest BCUT2D eigenvalue weighted by Crippen LogP contribution is 2.36. The largest absolute Gasteiger partial charge is 0.465 e. The molecule has 1 aliphatic heterocycles. The molecule has 0 saturated carbocycles. The smallest absolute Gasteiger partial charge is 0.262 e. The summed E-state index contributed by atoms with van der Waals surface area (Å²) in [5.41, 5.74) is 1.56. The second kappa shape index (κ2) is 8.15. The molecule has 30 heavy (non-hydrogen) atoms. The Morgan fingerprint density at radius 1 is 1.00 bits per heavy atom. The Kier molecular flexibility index (Phi) is 5.24. The van der Waals surface area contributed by atoms with Gasteiger partial charge in [0.25, 0.3) is 11.8 Å². The van der Waals surface area contributed by atoms with E-state index in [4.69, 9.17) is 9.47 Å². The lowest BCUT2D eigenvalue weighted by molar-refractivity contribution is 0.0516. The van der Waals surface area contributed by atoms with Crippen LogP contribution in [0.1, 0.15) is 26.3 Å². The molecule has 0 spiro atoms. The SMILES string of the molecule is COCOc1ccc2ccc(C#CCN3C(=O)c4ccccc4C3=O)cc2c1N=O. The lowest BCUT2D eigenvalue weighted by Gasteiger charge is -2.09. The standard InChI is InChI=1S/C23H16N2O5/c1-29-14-30-20-11-10-16-9-8-15(13-19(16)21(20)24-28)5-4-12-25-22(26)17-6-2-3-7-18(17)23(25)27/h2-3,6-11,13H,12,14H2,1H3. The van der Waals surface area contributed by atoms with Gasteiger partial charge in [-0.25, -0.2) is 0 Å². The molecule has 0 fully saturated rings. The Morgan fingerprint density at radius 3 is 2.37 bits per heavy atom. The van der Waals surface area contributed by atoms with Crippen molar-refractivity contribution in [1.82, 2.24) is 4.90 Å². The zero-order valence-electron chi connectivity index (χ0n) is 16.0. The maximum atomic E-state index is 12.4. The molecule has 0 bridgehead atoms. The predicted octanol–water partition coefficient (Wildman–Crippen LogP) is 3.87. The third-order valence-corrected chi connectivity index (χ3v) is 4.73. The number of nitrogens with zero attached hydrogens (tertiary/aromatic N) is 2. The average Bonchev–Trinajstić information content (AvgIpc) is 3.02. The molecule has 1 aliphatic rings. The van der Waals surface area contributed by atoms with Crippen molar-refractivity contribution in [3.05, 3.63) is 76.2 Å². The maximum Gasteiger partial charge on any atom is 0.262 e. The summed E-state index contributed by atoms with van der Waals surface area (Å²) in [6.45, 7) is -0.0338. The molecule has 3 aromatic rings. The van der Waals surface area contributed by atoms with Crippen molar-refractivity contribution in [1.29, 1.82) is 0 Å². The normalized spacial score (nSPS) is 12.5. The van der Waals surface area contributed by atoms with Crippen LogP contribution in [0.15, 0.2) is 59.8 Å². The summed E-state index contributed by atoms with van der Waals surface area (Å²) in [6.07, 6.45) is 0. The number of amides is 2. The van der Waals surface area contributed by atoms with Crippen molar-refractivity contribution in [3.8, 4) is 17.6 Å². The molecule has 0 N–H and O–H groups in total. The maximum absolute atomic E-state index is 12.4. The van der Waals surface area contributed by atoms with Crippen molar-refractivity contribution in [2.75, 3.05) is 20.4 Å². The number of hydrogen-bond acceptors (Lipinski definition) is 6. The van der Waals surface area contributed by atoms with Crippen molar-refractivity contribution >= 4 is 28.3 Å². The molecule has 7 nitrogen and oxygen atoms in total. The summed E-state index contributed by atoms with van der Waals surface area (Å²) in [5, 5.41) is 4.50. The lowest BCUT2D eigenvalue weighted by atomic mass is 10.0. The first-order valence-electron chi connectivity index (χ1n) is 9.10. The van der Waals surface area contributed by atoms with Crippen molar-refractivity contribution in [2.45, 2.75) is 0 Å². The molecule has 1 heterocycles. The second-order valence-electron chi connectivity index (χ2n) is 6.53. The van der Waals surface area contributed by atoms with Crippen LogP contribution in [0, 0.1) is 16.7 Å². The molecule has 7 heteroatoms. The van der Waals surface area contributed by atoms with Crippen LogP contribution in [0.2, 0.25) is 0 Å². The Balaban J connectivity index is 1.60. The molecule has 0 aromatic heterocycles. The van der Waals surface area contributed by atoms with Crippen molar-refractivity contribution in [3.63, 3.8) is 0 Å². The van der Waals surface area contributed by atoms with Gasteiger partial charge in [-0.1, -0.05) is 36.1 Å². The number of benzene rings is 3. The number of hydrogen-bond donors (Lipinski definition) is 0. The predicted molar refractivity (Wildman–Crippen MR) is 111 cm³/mol. The van der Waals surface area contributed by atoms with Gasteiger partial charge in [-0.05, 0) is 40.9 Å². The Morgan fingerprint density at radius 2 is 1.70 bits per heavy atom. The summed E-state index contributed by atoms with van der Waals surface area (Å²) < 4.78 is 10.3. The molecule has 3 aromatic carbocycles. The average molecular weight is 400 g/mol. The summed E-state index contributed by atoms with van der Waals surface area (Å²) in [4.78, 5) is 37.3. The van der Waals surface area contributed by atoms with E-state index in [1.165, 1.54) is 7.11 Å². The van der Waals surface area contributed by atoms with E-state index in [1.54, 1.807) is 42.5 Å². The van der Waals surface area contributed by atoms with Gasteiger partial charge in [-0.3, -0.25) is 14.5 Å². The van der Waals surface area contributed by atoms with Crippen LogP contribution >= 0.6 is 0 Å². The summed E-state index contributed by atoms with van der Waals surface area (Å²) >= 11 is 0. The number of imide groups is 1. The fourth-order valence-corrected chi connectivity index (χ4v) is 3.30. The zero-order valence-corrected chi connectivity index (χ0v) is 16.0. The van der Waals surface area contributed by atoms with Gasteiger partial charge in [0.15, 0.2) is 18.2 Å². The number of ether oxygens (including phenoxy) is 2. The molecular weight excluding hydrogens is 384 g/mol. The monoisotopic (exact) mass is 400 g/mol. The van der Waals surface area contributed by atoms with Crippen LogP contribution in [-0.4, -0.2) is 37.2 Å². The quantitative estimate of drug-likeness (QED) is 0.281. The van der Waals surface area contributed by atoms with E-state index in [0.29, 0.717) is 27.8 Å². The van der Waals surface area contributed by atoms with E-state index in [-0.39, 0.29) is 30.8 Å². The Bertz CT molecular complexity index is 1200. The van der Waals surface area contributed by atoms with Crippen molar-refractivity contribution in [2.24, 2.45) is 5.18 Å². The fraction of sp³-hybridized carbons (Fsp3) is 0.130. The minimum absolute atomic E-state index is 0.00615. The first-order valence-corrected chi connectivity index (χ1v) is 9.10. The number of carbonyl (C=O) groups excluding carboxylic acids is 2. The number of carbonyl (C=O) groups is 2. The van der Waals surface area contributed by atoms with E-state index in [1.807, 2.05) is 12.1 Å². The summed E-state index contributed by atoms with van der Waals surface area (Å²) in [7, 11) is 1.48. The molecular formula is C23H16N2O5. The number of nitroso groups, excluding NO2 is 1. The highest BCUT2D eigenvalue weighted by atomic mass is 16.7. The Labute approximate surface area is 172 Å². The van der Waals surface area contributed by atoms with E-state index in [2.05, 4.69) is 17.0 Å². The van der Waals surface area contributed by atoms with Gasteiger partial charge < -0.3 is 9.47 Å². The van der Waals surface area contributed by atoms with Crippen LogP contribution in [0.3, 0.4) is 0 Å². The number of methoxy groups -OCH3 is 1. The lowest BCUT2D eigenvalue weighted by Crippen LogP contribution is -2.29. The van der Waals surface area contributed by atoms with Crippen LogP contribution in [-0.2, 0) is 4.74 Å². The molecule has 0 saturated heterocycles. The van der Waals surface area contributed by atoms with Gasteiger partial charge in [-0.2, -0.15) is 0 Å². The second-order valence-corrected chi connectivity index (χ2v) is 6.53. The molecule has 0 atom stereocenters. The van der Waals surface area contributed by atoms with Gasteiger partial charge in [0.2, 0.25) is 0 Å².